The Morgan fingerprint density at radius 2 is 1.88 bits per heavy atom. The molecule has 0 unspecified atom stereocenters. The topological polar surface area (TPSA) is 70.1 Å². The molecule has 5 heterocycles. The van der Waals surface area contributed by atoms with Gasteiger partial charge < -0.3 is 15.1 Å². The summed E-state index contributed by atoms with van der Waals surface area (Å²) < 4.78 is 15.8. The van der Waals surface area contributed by atoms with Crippen molar-refractivity contribution in [3.8, 4) is 10.6 Å². The molecule has 7 nitrogen and oxygen atoms in total. The molecule has 1 saturated heterocycles. The minimum absolute atomic E-state index is 0.264. The zero-order chi connectivity index (χ0) is 23.7. The van der Waals surface area contributed by atoms with Crippen LogP contribution in [0.1, 0.15) is 32.3 Å². The second kappa shape index (κ2) is 9.60. The summed E-state index contributed by atoms with van der Waals surface area (Å²) in [6, 6.07) is 7.88. The first-order valence-corrected chi connectivity index (χ1v) is 12.4. The Balaban J connectivity index is 1.35. The molecule has 34 heavy (non-hydrogen) atoms. The zero-order valence-corrected chi connectivity index (χ0v) is 20.4. The van der Waals surface area contributed by atoms with Crippen molar-refractivity contribution in [2.24, 2.45) is 0 Å². The first kappa shape index (κ1) is 22.6. The van der Waals surface area contributed by atoms with Gasteiger partial charge in [0.1, 0.15) is 11.5 Å². The average Bonchev–Trinajstić information content (AvgIpc) is 3.30. The van der Waals surface area contributed by atoms with Crippen molar-refractivity contribution in [3.05, 3.63) is 54.2 Å². The van der Waals surface area contributed by atoms with Gasteiger partial charge in [-0.2, -0.15) is 0 Å². The fraction of sp³-hybridized carbons (Fsp3) is 0.360. The van der Waals surface area contributed by atoms with E-state index < -0.39 is 5.82 Å². The highest BCUT2D eigenvalue weighted by molar-refractivity contribution is 7.22. The van der Waals surface area contributed by atoms with Crippen LogP contribution in [0, 0.1) is 5.82 Å². The predicted octanol–water partition coefficient (Wildman–Crippen LogP) is 5.30. The highest BCUT2D eigenvalue weighted by atomic mass is 32.1. The van der Waals surface area contributed by atoms with Crippen LogP contribution in [0.25, 0.3) is 20.8 Å². The molecule has 9 heteroatoms. The molecule has 1 aliphatic rings. The van der Waals surface area contributed by atoms with Crippen LogP contribution in [0.2, 0.25) is 0 Å². The molecule has 0 saturated carbocycles. The normalized spacial score (nSPS) is 14.8. The van der Waals surface area contributed by atoms with Crippen molar-refractivity contribution in [3.63, 3.8) is 0 Å². The van der Waals surface area contributed by atoms with Gasteiger partial charge in [-0.05, 0) is 42.3 Å². The van der Waals surface area contributed by atoms with Crippen LogP contribution in [0.15, 0.2) is 42.9 Å². The van der Waals surface area contributed by atoms with Crippen molar-refractivity contribution < 1.29 is 4.39 Å². The summed E-state index contributed by atoms with van der Waals surface area (Å²) in [5.41, 5.74) is 3.42. The van der Waals surface area contributed by atoms with Gasteiger partial charge in [-0.25, -0.2) is 19.3 Å². The van der Waals surface area contributed by atoms with E-state index in [0.717, 1.165) is 53.5 Å². The molecule has 0 spiro atoms. The van der Waals surface area contributed by atoms with Crippen LogP contribution in [-0.2, 0) is 0 Å². The number of hydrogen-bond donors (Lipinski definition) is 1. The monoisotopic (exact) mass is 477 g/mol. The molecular formula is C25H28FN7S. The number of nitrogens with one attached hydrogen (secondary N) is 1. The minimum atomic E-state index is -0.460. The van der Waals surface area contributed by atoms with E-state index in [4.69, 9.17) is 0 Å². The first-order chi connectivity index (χ1) is 16.5. The van der Waals surface area contributed by atoms with E-state index in [9.17, 15) is 4.39 Å². The number of anilines is 3. The van der Waals surface area contributed by atoms with E-state index in [1.807, 2.05) is 30.5 Å². The average molecular weight is 478 g/mol. The highest BCUT2D eigenvalue weighted by Crippen LogP contribution is 2.37. The number of hydrogen-bond acceptors (Lipinski definition) is 8. The molecule has 176 valence electrons. The smallest absolute Gasteiger partial charge is 0.229 e. The molecule has 1 fully saturated rings. The zero-order valence-electron chi connectivity index (χ0n) is 19.6. The third-order valence-corrected chi connectivity index (χ3v) is 7.39. The van der Waals surface area contributed by atoms with Gasteiger partial charge in [0, 0.05) is 32.4 Å². The molecule has 1 aliphatic heterocycles. The molecule has 1 N–H and O–H groups in total. The van der Waals surface area contributed by atoms with Crippen molar-refractivity contribution >= 4 is 39.0 Å². The van der Waals surface area contributed by atoms with E-state index in [1.54, 1.807) is 6.20 Å². The second-order valence-electron chi connectivity index (χ2n) is 8.72. The SMILES string of the molecule is CCN1CCN(c2ccc(Nc3ncc(F)c(-c4cc5nccc(C(C)C)c5s4)n3)nc2)CC1. The summed E-state index contributed by atoms with van der Waals surface area (Å²) in [5.74, 6) is 0.822. The number of thiophene rings is 1. The molecule has 0 atom stereocenters. The number of piperazine rings is 1. The Hall–Kier alpha value is -3.17. The van der Waals surface area contributed by atoms with Crippen LogP contribution in [0.3, 0.4) is 0 Å². The van der Waals surface area contributed by atoms with Crippen molar-refractivity contribution in [2.75, 3.05) is 42.9 Å². The third-order valence-electron chi connectivity index (χ3n) is 6.21. The van der Waals surface area contributed by atoms with E-state index in [0.29, 0.717) is 17.7 Å². The highest BCUT2D eigenvalue weighted by Gasteiger charge is 2.18. The van der Waals surface area contributed by atoms with Crippen molar-refractivity contribution in [2.45, 2.75) is 26.7 Å². The van der Waals surface area contributed by atoms with E-state index in [2.05, 4.69) is 55.8 Å². The Bertz CT molecular complexity index is 1280. The van der Waals surface area contributed by atoms with Crippen LogP contribution < -0.4 is 10.2 Å². The molecule has 4 aromatic rings. The van der Waals surface area contributed by atoms with Gasteiger partial charge in [-0.15, -0.1) is 11.3 Å². The Labute approximate surface area is 202 Å². The number of aromatic nitrogens is 4. The van der Waals surface area contributed by atoms with Gasteiger partial charge in [0.25, 0.3) is 0 Å². The van der Waals surface area contributed by atoms with Gasteiger partial charge in [0.2, 0.25) is 5.95 Å². The summed E-state index contributed by atoms with van der Waals surface area (Å²) in [4.78, 5) is 23.1. The predicted molar refractivity (Wildman–Crippen MR) is 137 cm³/mol. The van der Waals surface area contributed by atoms with Crippen molar-refractivity contribution in [1.29, 1.82) is 0 Å². The number of pyridine rings is 2. The number of halogens is 1. The van der Waals surface area contributed by atoms with Crippen LogP contribution in [0.5, 0.6) is 0 Å². The van der Waals surface area contributed by atoms with E-state index in [-0.39, 0.29) is 5.69 Å². The van der Waals surface area contributed by atoms with Crippen molar-refractivity contribution in [1.82, 2.24) is 24.8 Å². The Kier molecular flexibility index (Phi) is 6.38. The van der Waals surface area contributed by atoms with Gasteiger partial charge in [-0.3, -0.25) is 4.98 Å². The lowest BCUT2D eigenvalue weighted by Gasteiger charge is -2.35. The van der Waals surface area contributed by atoms with Gasteiger partial charge >= 0.3 is 0 Å². The molecule has 0 aliphatic carbocycles. The maximum absolute atomic E-state index is 14.7. The Morgan fingerprint density at radius 3 is 2.59 bits per heavy atom. The van der Waals surface area contributed by atoms with Gasteiger partial charge in [0.05, 0.1) is 33.2 Å². The summed E-state index contributed by atoms with van der Waals surface area (Å²) in [5, 5.41) is 3.11. The van der Waals surface area contributed by atoms with Crippen LogP contribution in [0.4, 0.5) is 21.8 Å². The largest absolute Gasteiger partial charge is 0.368 e. The van der Waals surface area contributed by atoms with E-state index in [1.165, 1.54) is 23.1 Å². The number of likely N-dealkylation sites (N-methyl/N-ethyl adjacent to an activating group) is 1. The summed E-state index contributed by atoms with van der Waals surface area (Å²) in [6.45, 7) is 11.7. The molecule has 4 aromatic heterocycles. The van der Waals surface area contributed by atoms with Crippen LogP contribution >= 0.6 is 11.3 Å². The molecule has 0 aromatic carbocycles. The quantitative estimate of drug-likeness (QED) is 0.404. The summed E-state index contributed by atoms with van der Waals surface area (Å²) in [6.07, 6.45) is 4.86. The third kappa shape index (κ3) is 4.58. The Morgan fingerprint density at radius 1 is 1.06 bits per heavy atom. The van der Waals surface area contributed by atoms with E-state index >= 15 is 0 Å². The molecule has 5 rings (SSSR count). The van der Waals surface area contributed by atoms with Crippen LogP contribution in [-0.4, -0.2) is 57.6 Å². The maximum atomic E-state index is 14.7. The minimum Gasteiger partial charge on any atom is -0.368 e. The molecule has 0 bridgehead atoms. The maximum Gasteiger partial charge on any atom is 0.229 e. The molecule has 0 amide bonds. The number of rotatable bonds is 6. The number of fused-ring (bicyclic) bond motifs is 1. The standard InChI is InChI=1S/C25H28FN7S/c1-4-32-9-11-33(12-10-32)17-5-6-22(28-14-17)30-25-29-15-19(26)23(31-25)21-13-20-24(34-21)18(16(2)3)7-8-27-20/h5-8,13-16H,4,9-12H2,1-3H3,(H,28,29,30,31). The fourth-order valence-corrected chi connectivity index (χ4v) is 5.48. The summed E-state index contributed by atoms with van der Waals surface area (Å²) >= 11 is 1.51. The fourth-order valence-electron chi connectivity index (χ4n) is 4.21. The number of nitrogens with zero attached hydrogens (tertiary/aromatic N) is 6. The summed E-state index contributed by atoms with van der Waals surface area (Å²) in [7, 11) is 0. The second-order valence-corrected chi connectivity index (χ2v) is 9.77. The van der Waals surface area contributed by atoms with Gasteiger partial charge in [-0.1, -0.05) is 20.8 Å². The lowest BCUT2D eigenvalue weighted by Crippen LogP contribution is -2.46. The molecular weight excluding hydrogens is 449 g/mol. The molecule has 0 radical (unpaired) electrons. The first-order valence-electron chi connectivity index (χ1n) is 11.6. The van der Waals surface area contributed by atoms with Gasteiger partial charge in [0.15, 0.2) is 5.82 Å². The lowest BCUT2D eigenvalue weighted by atomic mass is 10.0. The lowest BCUT2D eigenvalue weighted by molar-refractivity contribution is 0.271.